The second-order valence-corrected chi connectivity index (χ2v) is 7.33. The van der Waals surface area contributed by atoms with Crippen LogP contribution >= 0.6 is 27.5 Å². The highest BCUT2D eigenvalue weighted by Crippen LogP contribution is 2.35. The molecular formula is C14H13BrClNO3S. The lowest BCUT2D eigenvalue weighted by atomic mass is 10.2. The summed E-state index contributed by atoms with van der Waals surface area (Å²) in [6.45, 7) is 1.89. The molecule has 0 saturated heterocycles. The van der Waals surface area contributed by atoms with Gasteiger partial charge in [-0.25, -0.2) is 8.42 Å². The Morgan fingerprint density at radius 2 is 1.81 bits per heavy atom. The lowest BCUT2D eigenvalue weighted by Gasteiger charge is -2.12. The first-order valence-electron chi connectivity index (χ1n) is 5.96. The van der Waals surface area contributed by atoms with E-state index in [0.29, 0.717) is 10.2 Å². The lowest BCUT2D eigenvalue weighted by molar-refractivity contribution is 0.412. The van der Waals surface area contributed by atoms with E-state index in [1.54, 1.807) is 30.3 Å². The molecule has 0 aliphatic heterocycles. The molecule has 4 nitrogen and oxygen atoms in total. The van der Waals surface area contributed by atoms with Gasteiger partial charge in [0.15, 0.2) is 0 Å². The van der Waals surface area contributed by atoms with E-state index in [0.717, 1.165) is 5.56 Å². The number of ether oxygens (including phenoxy) is 1. The molecule has 21 heavy (non-hydrogen) atoms. The Morgan fingerprint density at radius 3 is 2.38 bits per heavy atom. The normalized spacial score (nSPS) is 11.2. The van der Waals surface area contributed by atoms with Crippen molar-refractivity contribution < 1.29 is 13.2 Å². The Morgan fingerprint density at radius 1 is 1.19 bits per heavy atom. The van der Waals surface area contributed by atoms with Gasteiger partial charge >= 0.3 is 0 Å². The molecule has 2 aromatic carbocycles. The van der Waals surface area contributed by atoms with E-state index in [-0.39, 0.29) is 15.6 Å². The van der Waals surface area contributed by atoms with Gasteiger partial charge in [-0.2, -0.15) is 0 Å². The average molecular weight is 391 g/mol. The van der Waals surface area contributed by atoms with Crippen molar-refractivity contribution in [3.8, 4) is 5.75 Å². The zero-order chi connectivity index (χ0) is 15.6. The predicted octanol–water partition coefficient (Wildman–Crippen LogP) is 4.22. The SMILES string of the molecule is COc1cc(NS(=O)(=O)c2ccc(C)cc2)c(Cl)cc1Br. The van der Waals surface area contributed by atoms with Crippen molar-refractivity contribution in [2.24, 2.45) is 0 Å². The molecule has 0 unspecified atom stereocenters. The van der Waals surface area contributed by atoms with Gasteiger partial charge in [0.1, 0.15) is 5.75 Å². The number of hydrogen-bond donors (Lipinski definition) is 1. The van der Waals surface area contributed by atoms with Crippen LogP contribution in [-0.2, 0) is 10.0 Å². The molecule has 0 amide bonds. The average Bonchev–Trinajstić information content (AvgIpc) is 2.42. The van der Waals surface area contributed by atoms with Gasteiger partial charge < -0.3 is 4.74 Å². The van der Waals surface area contributed by atoms with Gasteiger partial charge in [0.2, 0.25) is 0 Å². The summed E-state index contributed by atoms with van der Waals surface area (Å²) in [7, 11) is -2.20. The van der Waals surface area contributed by atoms with Gasteiger partial charge in [0.05, 0.1) is 27.2 Å². The molecule has 0 bridgehead atoms. The van der Waals surface area contributed by atoms with Gasteiger partial charge in [-0.05, 0) is 41.1 Å². The van der Waals surface area contributed by atoms with E-state index >= 15 is 0 Å². The first-order valence-corrected chi connectivity index (χ1v) is 8.61. The minimum atomic E-state index is -3.70. The number of aryl methyl sites for hydroxylation is 1. The fraction of sp³-hybridized carbons (Fsp3) is 0.143. The first-order chi connectivity index (χ1) is 9.83. The summed E-state index contributed by atoms with van der Waals surface area (Å²) in [5.74, 6) is 0.487. The highest BCUT2D eigenvalue weighted by atomic mass is 79.9. The van der Waals surface area contributed by atoms with E-state index in [1.165, 1.54) is 13.2 Å². The summed E-state index contributed by atoms with van der Waals surface area (Å²) >= 11 is 9.35. The molecule has 0 spiro atoms. The minimum Gasteiger partial charge on any atom is -0.495 e. The van der Waals surface area contributed by atoms with Crippen LogP contribution < -0.4 is 9.46 Å². The van der Waals surface area contributed by atoms with Crippen LogP contribution in [0.4, 0.5) is 5.69 Å². The monoisotopic (exact) mass is 389 g/mol. The van der Waals surface area contributed by atoms with Gasteiger partial charge in [0.25, 0.3) is 10.0 Å². The predicted molar refractivity (Wildman–Crippen MR) is 87.7 cm³/mol. The van der Waals surface area contributed by atoms with Gasteiger partial charge in [-0.15, -0.1) is 0 Å². The molecule has 1 N–H and O–H groups in total. The van der Waals surface area contributed by atoms with Crippen LogP contribution in [0.5, 0.6) is 5.75 Å². The van der Waals surface area contributed by atoms with Crippen LogP contribution in [0.2, 0.25) is 5.02 Å². The largest absolute Gasteiger partial charge is 0.495 e. The van der Waals surface area contributed by atoms with Crippen molar-refractivity contribution in [1.82, 2.24) is 0 Å². The third-order valence-electron chi connectivity index (χ3n) is 2.82. The fourth-order valence-electron chi connectivity index (χ4n) is 1.68. The highest BCUT2D eigenvalue weighted by Gasteiger charge is 2.17. The van der Waals surface area contributed by atoms with Crippen LogP contribution in [0.1, 0.15) is 5.56 Å². The molecule has 112 valence electrons. The van der Waals surface area contributed by atoms with Crippen molar-refractivity contribution in [2.45, 2.75) is 11.8 Å². The topological polar surface area (TPSA) is 55.4 Å². The second kappa shape index (κ2) is 6.25. The van der Waals surface area contributed by atoms with E-state index < -0.39 is 10.0 Å². The molecule has 2 aromatic rings. The van der Waals surface area contributed by atoms with E-state index in [1.807, 2.05) is 6.92 Å². The van der Waals surface area contributed by atoms with Crippen LogP contribution in [0, 0.1) is 6.92 Å². The summed E-state index contributed by atoms with van der Waals surface area (Å²) in [4.78, 5) is 0.172. The minimum absolute atomic E-state index is 0.172. The molecule has 0 fully saturated rings. The van der Waals surface area contributed by atoms with Crippen molar-refractivity contribution >= 4 is 43.2 Å². The van der Waals surface area contributed by atoms with Crippen LogP contribution in [0.15, 0.2) is 45.8 Å². The van der Waals surface area contributed by atoms with E-state index in [2.05, 4.69) is 20.7 Å². The molecule has 0 heterocycles. The van der Waals surface area contributed by atoms with Gasteiger partial charge in [0, 0.05) is 6.07 Å². The van der Waals surface area contributed by atoms with E-state index in [9.17, 15) is 8.42 Å². The zero-order valence-corrected chi connectivity index (χ0v) is 14.5. The number of hydrogen-bond acceptors (Lipinski definition) is 3. The molecule has 2 rings (SSSR count). The number of benzene rings is 2. The summed E-state index contributed by atoms with van der Waals surface area (Å²) in [5, 5.41) is 0.276. The molecular weight excluding hydrogens is 378 g/mol. The van der Waals surface area contributed by atoms with Crippen molar-refractivity contribution in [2.75, 3.05) is 11.8 Å². The smallest absolute Gasteiger partial charge is 0.261 e. The third-order valence-corrected chi connectivity index (χ3v) is 5.13. The molecule has 0 radical (unpaired) electrons. The Labute approximate surface area is 137 Å². The van der Waals surface area contributed by atoms with Crippen LogP contribution in [0.3, 0.4) is 0 Å². The van der Waals surface area contributed by atoms with Crippen LogP contribution in [0.25, 0.3) is 0 Å². The Bertz CT molecular complexity index is 761. The van der Waals surface area contributed by atoms with Gasteiger partial charge in [-0.1, -0.05) is 29.3 Å². The summed E-state index contributed by atoms with van der Waals surface area (Å²) in [6, 6.07) is 9.66. The van der Waals surface area contributed by atoms with Gasteiger partial charge in [-0.3, -0.25) is 4.72 Å². The molecule has 0 aliphatic carbocycles. The lowest BCUT2D eigenvalue weighted by Crippen LogP contribution is -2.13. The molecule has 0 atom stereocenters. The number of rotatable bonds is 4. The molecule has 0 aliphatic rings. The quantitative estimate of drug-likeness (QED) is 0.850. The number of sulfonamides is 1. The third kappa shape index (κ3) is 3.70. The highest BCUT2D eigenvalue weighted by molar-refractivity contribution is 9.10. The van der Waals surface area contributed by atoms with Crippen molar-refractivity contribution in [3.05, 3.63) is 51.5 Å². The maximum atomic E-state index is 12.3. The summed E-state index contributed by atoms with van der Waals surface area (Å²) < 4.78 is 32.9. The summed E-state index contributed by atoms with van der Waals surface area (Å²) in [5.41, 5.74) is 1.24. The Balaban J connectivity index is 2.39. The van der Waals surface area contributed by atoms with E-state index in [4.69, 9.17) is 16.3 Å². The maximum absolute atomic E-state index is 12.3. The number of methoxy groups -OCH3 is 1. The number of anilines is 1. The fourth-order valence-corrected chi connectivity index (χ4v) is 3.66. The maximum Gasteiger partial charge on any atom is 0.261 e. The van der Waals surface area contributed by atoms with Crippen molar-refractivity contribution in [1.29, 1.82) is 0 Å². The number of halogens is 2. The van der Waals surface area contributed by atoms with Crippen molar-refractivity contribution in [3.63, 3.8) is 0 Å². The second-order valence-electron chi connectivity index (χ2n) is 4.39. The summed E-state index contributed by atoms with van der Waals surface area (Å²) in [6.07, 6.45) is 0. The molecule has 0 saturated carbocycles. The van der Waals surface area contributed by atoms with Crippen LogP contribution in [-0.4, -0.2) is 15.5 Å². The molecule has 7 heteroatoms. The number of nitrogens with one attached hydrogen (secondary N) is 1. The standard InChI is InChI=1S/C14H13BrClNO3S/c1-9-3-5-10(6-4-9)21(18,19)17-13-8-14(20-2)11(15)7-12(13)16/h3-8,17H,1-2H3. The Hall–Kier alpha value is -1.24. The first kappa shape index (κ1) is 16.1. The zero-order valence-electron chi connectivity index (χ0n) is 11.4. The Kier molecular flexibility index (Phi) is 4.81. The molecule has 0 aromatic heterocycles.